The molecule has 0 radical (unpaired) electrons. The van der Waals surface area contributed by atoms with Crippen LogP contribution >= 0.6 is 0 Å². The van der Waals surface area contributed by atoms with E-state index in [1.165, 1.54) is 82.6 Å². The second-order valence-electron chi connectivity index (χ2n) is 8.27. The minimum atomic E-state index is 0.667. The monoisotopic (exact) mass is 390 g/mol. The second kappa shape index (κ2) is 19.5. The van der Waals surface area contributed by atoms with Gasteiger partial charge in [0.25, 0.3) is 0 Å². The fourth-order valence-corrected chi connectivity index (χ4v) is 3.64. The van der Waals surface area contributed by atoms with Crippen LogP contribution < -0.4 is 0 Å². The molecule has 0 spiro atoms. The molecule has 1 aromatic rings. The molecule has 0 aliphatic rings. The van der Waals surface area contributed by atoms with Crippen LogP contribution in [0.1, 0.15) is 137 Å². The highest BCUT2D eigenvalue weighted by molar-refractivity contribution is 5.32. The third kappa shape index (κ3) is 12.6. The molecule has 28 heavy (non-hydrogen) atoms. The van der Waals surface area contributed by atoms with Gasteiger partial charge in [0.2, 0.25) is 0 Å². The van der Waals surface area contributed by atoms with Gasteiger partial charge in [-0.25, -0.2) is 0 Å². The van der Waals surface area contributed by atoms with E-state index < -0.39 is 0 Å². The largest absolute Gasteiger partial charge is 0.0654 e. The van der Waals surface area contributed by atoms with Crippen LogP contribution in [0.5, 0.6) is 0 Å². The molecule has 0 amide bonds. The Labute approximate surface area is 179 Å². The summed E-state index contributed by atoms with van der Waals surface area (Å²) in [5, 5.41) is 0. The van der Waals surface area contributed by atoms with Crippen molar-refractivity contribution in [3.05, 3.63) is 34.9 Å². The zero-order valence-corrected chi connectivity index (χ0v) is 21.2. The Bertz CT molecular complexity index is 420. The molecular weight excluding hydrogens is 336 g/mol. The van der Waals surface area contributed by atoms with Gasteiger partial charge in [0.15, 0.2) is 0 Å². The molecule has 0 bridgehead atoms. The van der Waals surface area contributed by atoms with Crippen molar-refractivity contribution in [2.45, 2.75) is 139 Å². The predicted octanol–water partition coefficient (Wildman–Crippen LogP) is 9.96. The maximum absolute atomic E-state index is 2.43. The van der Waals surface area contributed by atoms with Crippen molar-refractivity contribution in [1.29, 1.82) is 0 Å². The lowest BCUT2D eigenvalue weighted by Crippen LogP contribution is -2.15. The van der Waals surface area contributed by atoms with Crippen LogP contribution in [0.4, 0.5) is 0 Å². The van der Waals surface area contributed by atoms with Crippen molar-refractivity contribution in [3.63, 3.8) is 0 Å². The predicted molar refractivity (Wildman–Crippen MR) is 133 cm³/mol. The number of hydrogen-bond donors (Lipinski definition) is 0. The summed E-state index contributed by atoms with van der Waals surface area (Å²) in [6.07, 6.45) is 15.5. The zero-order chi connectivity index (χ0) is 21.8. The number of rotatable bonds is 11. The first-order valence-electron chi connectivity index (χ1n) is 12.6. The minimum Gasteiger partial charge on any atom is -0.0654 e. The van der Waals surface area contributed by atoms with Gasteiger partial charge in [-0.3, -0.25) is 0 Å². The molecule has 166 valence electrons. The lowest BCUT2D eigenvalue weighted by Gasteiger charge is -2.28. The lowest BCUT2D eigenvalue weighted by atomic mass is 9.78. The Morgan fingerprint density at radius 1 is 0.500 bits per heavy atom. The summed E-state index contributed by atoms with van der Waals surface area (Å²) in [6.45, 7) is 20.3. The Morgan fingerprint density at radius 2 is 0.929 bits per heavy atom. The lowest BCUT2D eigenvalue weighted by molar-refractivity contribution is 0.240. The standard InChI is InChI=1S/C15H24.C9H20.C4H10/c1-4-7-13-10-11-14(8-5-2)15(12-13)9-6-3;1-5-9(6-2,7-3)8-4;1-3-4-2/h10-12H,4-9H2,1-3H3;5-8H2,1-4H3;3-4H2,1-2H3. The van der Waals surface area contributed by atoms with Crippen LogP contribution in [-0.2, 0) is 19.3 Å². The maximum atomic E-state index is 2.43. The molecule has 0 fully saturated rings. The fraction of sp³-hybridized carbons (Fsp3) is 0.786. The van der Waals surface area contributed by atoms with Crippen molar-refractivity contribution in [1.82, 2.24) is 0 Å². The van der Waals surface area contributed by atoms with E-state index in [9.17, 15) is 0 Å². The van der Waals surface area contributed by atoms with Gasteiger partial charge in [0, 0.05) is 0 Å². The van der Waals surface area contributed by atoms with E-state index in [2.05, 4.69) is 80.5 Å². The summed E-state index contributed by atoms with van der Waals surface area (Å²) in [7, 11) is 0. The Hall–Kier alpha value is -0.780. The van der Waals surface area contributed by atoms with E-state index >= 15 is 0 Å². The number of unbranched alkanes of at least 4 members (excludes halogenated alkanes) is 1. The van der Waals surface area contributed by atoms with Crippen molar-refractivity contribution in [2.75, 3.05) is 0 Å². The molecule has 0 N–H and O–H groups in total. The van der Waals surface area contributed by atoms with E-state index in [4.69, 9.17) is 0 Å². The van der Waals surface area contributed by atoms with Crippen molar-refractivity contribution in [3.8, 4) is 0 Å². The first-order valence-corrected chi connectivity index (χ1v) is 12.6. The third-order valence-corrected chi connectivity index (χ3v) is 6.35. The molecule has 0 unspecified atom stereocenters. The SMILES string of the molecule is CCC(CC)(CC)CC.CCCC.CCCc1ccc(CCC)c(CCC)c1. The molecule has 0 aromatic heterocycles. The van der Waals surface area contributed by atoms with E-state index in [-0.39, 0.29) is 0 Å². The van der Waals surface area contributed by atoms with Gasteiger partial charge in [-0.15, -0.1) is 0 Å². The normalized spacial score (nSPS) is 10.6. The van der Waals surface area contributed by atoms with Crippen molar-refractivity contribution < 1.29 is 0 Å². The van der Waals surface area contributed by atoms with Crippen LogP contribution in [0.2, 0.25) is 0 Å². The molecule has 1 rings (SSSR count). The second-order valence-corrected chi connectivity index (χ2v) is 8.27. The number of hydrogen-bond acceptors (Lipinski definition) is 0. The van der Waals surface area contributed by atoms with Gasteiger partial charge in [0.1, 0.15) is 0 Å². The average Bonchev–Trinajstić information content (AvgIpc) is 2.73. The van der Waals surface area contributed by atoms with Gasteiger partial charge in [-0.05, 0) is 41.4 Å². The number of aryl methyl sites for hydroxylation is 3. The zero-order valence-electron chi connectivity index (χ0n) is 21.2. The summed E-state index contributed by atoms with van der Waals surface area (Å²) in [5.74, 6) is 0. The summed E-state index contributed by atoms with van der Waals surface area (Å²) in [4.78, 5) is 0. The Kier molecular flexibility index (Phi) is 20.5. The molecule has 0 heterocycles. The quantitative estimate of drug-likeness (QED) is 0.352. The number of benzene rings is 1. The van der Waals surface area contributed by atoms with Gasteiger partial charge >= 0.3 is 0 Å². The highest BCUT2D eigenvalue weighted by Gasteiger charge is 2.20. The highest BCUT2D eigenvalue weighted by Crippen LogP contribution is 2.33. The molecule has 0 atom stereocenters. The highest BCUT2D eigenvalue weighted by atomic mass is 14.3. The Balaban J connectivity index is 0. The first kappa shape index (κ1) is 29.4. The van der Waals surface area contributed by atoms with E-state index in [1.54, 1.807) is 11.1 Å². The summed E-state index contributed by atoms with van der Waals surface area (Å²) < 4.78 is 0. The van der Waals surface area contributed by atoms with Gasteiger partial charge < -0.3 is 0 Å². The Morgan fingerprint density at radius 3 is 1.25 bits per heavy atom. The van der Waals surface area contributed by atoms with E-state index in [0.717, 1.165) is 0 Å². The minimum absolute atomic E-state index is 0.667. The van der Waals surface area contributed by atoms with Crippen LogP contribution in [0.15, 0.2) is 18.2 Å². The van der Waals surface area contributed by atoms with Crippen LogP contribution in [0, 0.1) is 5.41 Å². The molecule has 0 saturated carbocycles. The first-order chi connectivity index (χ1) is 13.5. The van der Waals surface area contributed by atoms with E-state index in [1.807, 2.05) is 0 Å². The van der Waals surface area contributed by atoms with Crippen molar-refractivity contribution >= 4 is 0 Å². The van der Waals surface area contributed by atoms with Gasteiger partial charge in [0.05, 0.1) is 0 Å². The average molecular weight is 391 g/mol. The molecule has 0 saturated heterocycles. The summed E-state index contributed by atoms with van der Waals surface area (Å²) in [6, 6.07) is 7.09. The van der Waals surface area contributed by atoms with Gasteiger partial charge in [-0.2, -0.15) is 0 Å². The topological polar surface area (TPSA) is 0 Å². The van der Waals surface area contributed by atoms with Crippen LogP contribution in [0.3, 0.4) is 0 Å². The molecular formula is C28H54. The summed E-state index contributed by atoms with van der Waals surface area (Å²) >= 11 is 0. The fourth-order valence-electron chi connectivity index (χ4n) is 3.64. The maximum Gasteiger partial charge on any atom is -0.0279 e. The van der Waals surface area contributed by atoms with Crippen molar-refractivity contribution in [2.24, 2.45) is 5.41 Å². The molecule has 0 nitrogen and oxygen atoms in total. The molecule has 1 aromatic carbocycles. The molecule has 0 aliphatic heterocycles. The summed E-state index contributed by atoms with van der Waals surface area (Å²) in [5.41, 5.74) is 5.34. The van der Waals surface area contributed by atoms with Gasteiger partial charge in [-0.1, -0.05) is 138 Å². The molecule has 0 heteroatoms. The third-order valence-electron chi connectivity index (χ3n) is 6.35. The van der Waals surface area contributed by atoms with Crippen LogP contribution in [-0.4, -0.2) is 0 Å². The molecule has 0 aliphatic carbocycles. The van der Waals surface area contributed by atoms with E-state index in [0.29, 0.717) is 5.41 Å². The smallest absolute Gasteiger partial charge is 0.0279 e. The van der Waals surface area contributed by atoms with Crippen LogP contribution in [0.25, 0.3) is 0 Å².